The van der Waals surface area contributed by atoms with Gasteiger partial charge in [-0.2, -0.15) is 0 Å². The average molecular weight is 433 g/mol. The summed E-state index contributed by atoms with van der Waals surface area (Å²) >= 11 is 5.88. The molecule has 0 saturated carbocycles. The highest BCUT2D eigenvalue weighted by atomic mass is 35.5. The second-order valence-electron chi connectivity index (χ2n) is 7.08. The number of aliphatic hydroxyl groups is 1. The first-order chi connectivity index (χ1) is 14.5. The molecule has 0 radical (unpaired) electrons. The van der Waals surface area contributed by atoms with Crippen LogP contribution in [0, 0.1) is 0 Å². The molecule has 2 aromatic carbocycles. The predicted molar refractivity (Wildman–Crippen MR) is 113 cm³/mol. The lowest BCUT2D eigenvalue weighted by Crippen LogP contribution is -2.50. The van der Waals surface area contributed by atoms with Crippen molar-refractivity contribution in [2.24, 2.45) is 0 Å². The number of rotatable bonds is 7. The molecule has 3 rings (SSSR count). The molecule has 1 aliphatic rings. The number of amides is 1. The normalized spacial score (nSPS) is 15.5. The smallest absolute Gasteiger partial charge is 0.337 e. The van der Waals surface area contributed by atoms with Crippen LogP contribution in [0.2, 0.25) is 5.02 Å². The monoisotopic (exact) mass is 432 g/mol. The topological polar surface area (TPSA) is 79.3 Å². The number of β-amino-alcohol motifs (C(OH)–C–C–N with tert-alkyl or cyclic N) is 1. The van der Waals surface area contributed by atoms with Crippen LogP contribution < -0.4 is 4.74 Å². The van der Waals surface area contributed by atoms with E-state index in [4.69, 9.17) is 16.3 Å². The lowest BCUT2D eigenvalue weighted by Gasteiger charge is -2.35. The fourth-order valence-electron chi connectivity index (χ4n) is 3.26. The SMILES string of the molecule is COC(=O)c1ccc(OCC(O)CN2CCN(C(=O)c3ccc(Cl)cc3)CC2)cc1. The molecule has 0 spiro atoms. The first-order valence-corrected chi connectivity index (χ1v) is 10.1. The van der Waals surface area contributed by atoms with Crippen molar-refractivity contribution in [3.05, 3.63) is 64.7 Å². The fraction of sp³-hybridized carbons (Fsp3) is 0.364. The van der Waals surface area contributed by atoms with Gasteiger partial charge in [-0.15, -0.1) is 0 Å². The molecule has 1 fully saturated rings. The summed E-state index contributed by atoms with van der Waals surface area (Å²) in [6, 6.07) is 13.5. The van der Waals surface area contributed by atoms with Gasteiger partial charge in [0.2, 0.25) is 0 Å². The molecular weight excluding hydrogens is 408 g/mol. The van der Waals surface area contributed by atoms with Crippen LogP contribution in [0.5, 0.6) is 5.75 Å². The zero-order valence-corrected chi connectivity index (χ0v) is 17.5. The lowest BCUT2D eigenvalue weighted by atomic mass is 10.2. The molecule has 1 heterocycles. The van der Waals surface area contributed by atoms with Crippen LogP contribution in [-0.2, 0) is 4.74 Å². The Morgan fingerprint density at radius 2 is 1.60 bits per heavy atom. The average Bonchev–Trinajstić information content (AvgIpc) is 2.78. The Balaban J connectivity index is 1.40. The van der Waals surface area contributed by atoms with E-state index >= 15 is 0 Å². The Hall–Kier alpha value is -2.61. The molecule has 7 nitrogen and oxygen atoms in total. The minimum absolute atomic E-state index is 0.00870. The molecule has 1 aliphatic heterocycles. The number of carbonyl (C=O) groups excluding carboxylic acids is 2. The Morgan fingerprint density at radius 3 is 2.20 bits per heavy atom. The van der Waals surface area contributed by atoms with Crippen LogP contribution in [0.4, 0.5) is 0 Å². The Kier molecular flexibility index (Phi) is 7.68. The highest BCUT2D eigenvalue weighted by Crippen LogP contribution is 2.15. The van der Waals surface area contributed by atoms with Crippen molar-refractivity contribution in [2.75, 3.05) is 46.4 Å². The number of esters is 1. The highest BCUT2D eigenvalue weighted by molar-refractivity contribution is 6.30. The zero-order valence-electron chi connectivity index (χ0n) is 16.8. The summed E-state index contributed by atoms with van der Waals surface area (Å²) in [4.78, 5) is 27.9. The van der Waals surface area contributed by atoms with Crippen LogP contribution in [0.3, 0.4) is 0 Å². The number of nitrogens with zero attached hydrogens (tertiary/aromatic N) is 2. The highest BCUT2D eigenvalue weighted by Gasteiger charge is 2.23. The van der Waals surface area contributed by atoms with Crippen LogP contribution in [-0.4, -0.2) is 79.3 Å². The molecule has 30 heavy (non-hydrogen) atoms. The van der Waals surface area contributed by atoms with Crippen molar-refractivity contribution in [3.63, 3.8) is 0 Å². The summed E-state index contributed by atoms with van der Waals surface area (Å²) < 4.78 is 10.3. The van der Waals surface area contributed by atoms with Crippen LogP contribution >= 0.6 is 11.6 Å². The van der Waals surface area contributed by atoms with Gasteiger partial charge in [0, 0.05) is 43.3 Å². The summed E-state index contributed by atoms with van der Waals surface area (Å²) in [5.41, 5.74) is 1.07. The zero-order chi connectivity index (χ0) is 21.5. The summed E-state index contributed by atoms with van der Waals surface area (Å²) in [6.07, 6.45) is -0.663. The van der Waals surface area contributed by atoms with Gasteiger partial charge in [0.15, 0.2) is 0 Å². The first-order valence-electron chi connectivity index (χ1n) is 9.72. The number of carbonyl (C=O) groups is 2. The number of hydrogen-bond donors (Lipinski definition) is 1. The maximum absolute atomic E-state index is 12.6. The van der Waals surface area contributed by atoms with Crippen molar-refractivity contribution in [3.8, 4) is 5.75 Å². The molecule has 2 aromatic rings. The van der Waals surface area contributed by atoms with Crippen molar-refractivity contribution < 1.29 is 24.2 Å². The minimum atomic E-state index is -0.663. The van der Waals surface area contributed by atoms with Gasteiger partial charge >= 0.3 is 5.97 Å². The van der Waals surface area contributed by atoms with Crippen LogP contribution in [0.1, 0.15) is 20.7 Å². The lowest BCUT2D eigenvalue weighted by molar-refractivity contribution is 0.0403. The van der Waals surface area contributed by atoms with E-state index in [-0.39, 0.29) is 12.5 Å². The van der Waals surface area contributed by atoms with E-state index in [0.29, 0.717) is 54.6 Å². The maximum Gasteiger partial charge on any atom is 0.337 e. The molecule has 1 saturated heterocycles. The number of halogens is 1. The van der Waals surface area contributed by atoms with Gasteiger partial charge in [0.25, 0.3) is 5.91 Å². The second-order valence-corrected chi connectivity index (χ2v) is 7.52. The van der Waals surface area contributed by atoms with Gasteiger partial charge in [0.1, 0.15) is 18.5 Å². The molecule has 0 aromatic heterocycles. The van der Waals surface area contributed by atoms with Crippen LogP contribution in [0.25, 0.3) is 0 Å². The minimum Gasteiger partial charge on any atom is -0.491 e. The quantitative estimate of drug-likeness (QED) is 0.676. The van der Waals surface area contributed by atoms with Crippen molar-refractivity contribution in [1.29, 1.82) is 0 Å². The number of benzene rings is 2. The van der Waals surface area contributed by atoms with E-state index in [2.05, 4.69) is 9.64 Å². The van der Waals surface area contributed by atoms with Crippen molar-refractivity contribution >= 4 is 23.5 Å². The summed E-state index contributed by atoms with van der Waals surface area (Å²) in [7, 11) is 1.33. The van der Waals surface area contributed by atoms with Crippen LogP contribution in [0.15, 0.2) is 48.5 Å². The standard InChI is InChI=1S/C22H25ClN2O5/c1-29-22(28)17-4-8-20(9-5-17)30-15-19(26)14-24-10-12-25(13-11-24)21(27)16-2-6-18(23)7-3-16/h2-9,19,26H,10-15H2,1H3. The molecule has 1 N–H and O–H groups in total. The van der Waals surface area contributed by atoms with E-state index in [1.807, 2.05) is 4.90 Å². The number of hydrogen-bond acceptors (Lipinski definition) is 6. The van der Waals surface area contributed by atoms with Gasteiger partial charge in [-0.1, -0.05) is 11.6 Å². The molecular formula is C22H25ClN2O5. The Labute approximate surface area is 180 Å². The third-order valence-corrected chi connectivity index (χ3v) is 5.19. The molecule has 1 amide bonds. The molecule has 8 heteroatoms. The van der Waals surface area contributed by atoms with Gasteiger partial charge < -0.3 is 19.5 Å². The van der Waals surface area contributed by atoms with E-state index in [1.165, 1.54) is 7.11 Å². The summed E-state index contributed by atoms with van der Waals surface area (Å²) in [6.45, 7) is 3.17. The third kappa shape index (κ3) is 5.95. The van der Waals surface area contributed by atoms with Gasteiger partial charge in [-0.3, -0.25) is 9.69 Å². The second kappa shape index (κ2) is 10.4. The number of piperazine rings is 1. The van der Waals surface area contributed by atoms with E-state index in [0.717, 1.165) is 0 Å². The molecule has 0 bridgehead atoms. The largest absolute Gasteiger partial charge is 0.491 e. The van der Waals surface area contributed by atoms with Crippen molar-refractivity contribution in [1.82, 2.24) is 9.80 Å². The fourth-order valence-corrected chi connectivity index (χ4v) is 3.38. The first kappa shape index (κ1) is 22.1. The number of ether oxygens (including phenoxy) is 2. The maximum atomic E-state index is 12.6. The molecule has 160 valence electrons. The van der Waals surface area contributed by atoms with E-state index < -0.39 is 12.1 Å². The Bertz CT molecular complexity index is 849. The molecule has 1 unspecified atom stereocenters. The van der Waals surface area contributed by atoms with Gasteiger partial charge in [-0.25, -0.2) is 4.79 Å². The summed E-state index contributed by atoms with van der Waals surface area (Å²) in [5, 5.41) is 10.9. The third-order valence-electron chi connectivity index (χ3n) is 4.94. The van der Waals surface area contributed by atoms with Gasteiger partial charge in [0.05, 0.1) is 12.7 Å². The molecule has 1 atom stereocenters. The number of aliphatic hydroxyl groups excluding tert-OH is 1. The Morgan fingerprint density at radius 1 is 1.00 bits per heavy atom. The van der Waals surface area contributed by atoms with Crippen molar-refractivity contribution in [2.45, 2.75) is 6.10 Å². The van der Waals surface area contributed by atoms with Gasteiger partial charge in [-0.05, 0) is 48.5 Å². The molecule has 0 aliphatic carbocycles. The summed E-state index contributed by atoms with van der Waals surface area (Å²) in [5.74, 6) is 0.154. The van der Waals surface area contributed by atoms with E-state index in [9.17, 15) is 14.7 Å². The predicted octanol–water partition coefficient (Wildman–Crippen LogP) is 2.32. The number of methoxy groups -OCH3 is 1. The van der Waals surface area contributed by atoms with E-state index in [1.54, 1.807) is 48.5 Å².